The third-order valence-corrected chi connectivity index (χ3v) is 2.75. The van der Waals surface area contributed by atoms with Gasteiger partial charge in [-0.1, -0.05) is 13.0 Å². The zero-order chi connectivity index (χ0) is 13.4. The van der Waals surface area contributed by atoms with Crippen LogP contribution in [0.4, 0.5) is 0 Å². The standard InChI is InChI=1S/C13H18N2O3/c1-2-11(13(17)18)9-15-12(16)6-5-10-4-3-7-14-8-10/h3-4,7-8,11H,2,5-6,9H2,1H3,(H,15,16)(H,17,18). The Morgan fingerprint density at radius 2 is 2.28 bits per heavy atom. The van der Waals surface area contributed by atoms with Crippen molar-refractivity contribution in [3.8, 4) is 0 Å². The van der Waals surface area contributed by atoms with E-state index < -0.39 is 11.9 Å². The highest BCUT2D eigenvalue weighted by atomic mass is 16.4. The molecule has 1 amide bonds. The number of carbonyl (C=O) groups excluding carboxylic acids is 1. The molecule has 18 heavy (non-hydrogen) atoms. The van der Waals surface area contributed by atoms with Crippen LogP contribution in [0, 0.1) is 5.92 Å². The molecule has 1 atom stereocenters. The number of nitrogens with one attached hydrogen (secondary N) is 1. The van der Waals surface area contributed by atoms with Crippen molar-refractivity contribution in [2.75, 3.05) is 6.54 Å². The Bertz CT molecular complexity index is 392. The summed E-state index contributed by atoms with van der Waals surface area (Å²) in [5.74, 6) is -1.50. The number of carboxylic acid groups (broad SMARTS) is 1. The molecule has 0 aromatic carbocycles. The summed E-state index contributed by atoms with van der Waals surface area (Å²) in [5, 5.41) is 11.5. The van der Waals surface area contributed by atoms with E-state index in [1.54, 1.807) is 19.3 Å². The maximum Gasteiger partial charge on any atom is 0.308 e. The van der Waals surface area contributed by atoms with E-state index in [0.29, 0.717) is 19.3 Å². The third-order valence-electron chi connectivity index (χ3n) is 2.75. The molecule has 0 fully saturated rings. The second kappa shape index (κ2) is 7.42. The summed E-state index contributed by atoms with van der Waals surface area (Å²) in [7, 11) is 0. The zero-order valence-corrected chi connectivity index (χ0v) is 10.4. The van der Waals surface area contributed by atoms with Gasteiger partial charge < -0.3 is 10.4 Å². The van der Waals surface area contributed by atoms with Gasteiger partial charge in [0, 0.05) is 25.4 Å². The molecule has 0 spiro atoms. The van der Waals surface area contributed by atoms with E-state index in [-0.39, 0.29) is 12.5 Å². The van der Waals surface area contributed by atoms with Gasteiger partial charge in [0.25, 0.3) is 0 Å². The minimum Gasteiger partial charge on any atom is -0.481 e. The highest BCUT2D eigenvalue weighted by Crippen LogP contribution is 2.02. The predicted molar refractivity (Wildman–Crippen MR) is 67.0 cm³/mol. The molecule has 0 saturated carbocycles. The number of amides is 1. The largest absolute Gasteiger partial charge is 0.481 e. The van der Waals surface area contributed by atoms with Crippen molar-refractivity contribution in [3.63, 3.8) is 0 Å². The van der Waals surface area contributed by atoms with E-state index in [1.807, 2.05) is 12.1 Å². The number of nitrogens with zero attached hydrogens (tertiary/aromatic N) is 1. The number of hydrogen-bond acceptors (Lipinski definition) is 3. The Labute approximate surface area is 106 Å². The fourth-order valence-corrected chi connectivity index (χ4v) is 1.54. The maximum absolute atomic E-state index is 11.5. The molecular weight excluding hydrogens is 232 g/mol. The molecule has 0 aliphatic heterocycles. The van der Waals surface area contributed by atoms with Gasteiger partial charge in [-0.25, -0.2) is 0 Å². The van der Waals surface area contributed by atoms with E-state index in [9.17, 15) is 9.59 Å². The van der Waals surface area contributed by atoms with Crippen LogP contribution >= 0.6 is 0 Å². The van der Waals surface area contributed by atoms with Crippen molar-refractivity contribution < 1.29 is 14.7 Å². The molecule has 0 bridgehead atoms. The maximum atomic E-state index is 11.5. The van der Waals surface area contributed by atoms with Crippen LogP contribution in [0.15, 0.2) is 24.5 Å². The van der Waals surface area contributed by atoms with E-state index in [2.05, 4.69) is 10.3 Å². The van der Waals surface area contributed by atoms with Crippen LogP contribution < -0.4 is 5.32 Å². The van der Waals surface area contributed by atoms with Gasteiger partial charge >= 0.3 is 5.97 Å². The van der Waals surface area contributed by atoms with Crippen LogP contribution in [-0.2, 0) is 16.0 Å². The summed E-state index contributed by atoms with van der Waals surface area (Å²) in [6.07, 6.45) is 4.88. The van der Waals surface area contributed by atoms with Crippen LogP contribution in [-0.4, -0.2) is 28.5 Å². The SMILES string of the molecule is CCC(CNC(=O)CCc1cccnc1)C(=O)O. The van der Waals surface area contributed by atoms with Crippen molar-refractivity contribution >= 4 is 11.9 Å². The summed E-state index contributed by atoms with van der Waals surface area (Å²) in [6.45, 7) is 1.98. The molecule has 1 aromatic heterocycles. The molecule has 0 saturated heterocycles. The smallest absolute Gasteiger partial charge is 0.308 e. The molecule has 1 aromatic rings. The van der Waals surface area contributed by atoms with Crippen molar-refractivity contribution in [1.82, 2.24) is 10.3 Å². The Kier molecular flexibility index (Phi) is 5.84. The van der Waals surface area contributed by atoms with Gasteiger partial charge in [-0.2, -0.15) is 0 Å². The number of aromatic nitrogens is 1. The zero-order valence-electron chi connectivity index (χ0n) is 10.4. The summed E-state index contributed by atoms with van der Waals surface area (Å²) < 4.78 is 0. The van der Waals surface area contributed by atoms with Gasteiger partial charge in [-0.3, -0.25) is 14.6 Å². The lowest BCUT2D eigenvalue weighted by Gasteiger charge is -2.10. The fourth-order valence-electron chi connectivity index (χ4n) is 1.54. The number of carboxylic acids is 1. The monoisotopic (exact) mass is 250 g/mol. The van der Waals surface area contributed by atoms with Crippen molar-refractivity contribution in [2.45, 2.75) is 26.2 Å². The first kappa shape index (κ1) is 14.2. The van der Waals surface area contributed by atoms with Gasteiger partial charge in [-0.05, 0) is 24.5 Å². The first-order valence-corrected chi connectivity index (χ1v) is 6.02. The fraction of sp³-hybridized carbons (Fsp3) is 0.462. The van der Waals surface area contributed by atoms with Gasteiger partial charge in [-0.15, -0.1) is 0 Å². The van der Waals surface area contributed by atoms with Crippen molar-refractivity contribution in [3.05, 3.63) is 30.1 Å². The van der Waals surface area contributed by atoms with Crippen LogP contribution in [0.5, 0.6) is 0 Å². The second-order valence-electron chi connectivity index (χ2n) is 4.11. The lowest BCUT2D eigenvalue weighted by atomic mass is 10.1. The number of pyridine rings is 1. The Hall–Kier alpha value is -1.91. The molecule has 5 nitrogen and oxygen atoms in total. The summed E-state index contributed by atoms with van der Waals surface area (Å²) in [5.41, 5.74) is 0.998. The molecular formula is C13H18N2O3. The van der Waals surface area contributed by atoms with Crippen molar-refractivity contribution in [1.29, 1.82) is 0 Å². The lowest BCUT2D eigenvalue weighted by molar-refractivity contribution is -0.141. The highest BCUT2D eigenvalue weighted by molar-refractivity contribution is 5.77. The van der Waals surface area contributed by atoms with Crippen LogP contribution in [0.25, 0.3) is 0 Å². The van der Waals surface area contributed by atoms with E-state index in [4.69, 9.17) is 5.11 Å². The minimum absolute atomic E-state index is 0.126. The number of carbonyl (C=O) groups is 2. The second-order valence-corrected chi connectivity index (χ2v) is 4.11. The summed E-state index contributed by atoms with van der Waals surface area (Å²) >= 11 is 0. The molecule has 98 valence electrons. The average molecular weight is 250 g/mol. The van der Waals surface area contributed by atoms with E-state index in [0.717, 1.165) is 5.56 Å². The van der Waals surface area contributed by atoms with Crippen molar-refractivity contribution in [2.24, 2.45) is 5.92 Å². The highest BCUT2D eigenvalue weighted by Gasteiger charge is 2.15. The molecule has 2 N–H and O–H groups in total. The Balaban J connectivity index is 2.28. The van der Waals surface area contributed by atoms with E-state index >= 15 is 0 Å². The minimum atomic E-state index is -0.870. The molecule has 5 heteroatoms. The topological polar surface area (TPSA) is 79.3 Å². The molecule has 1 heterocycles. The van der Waals surface area contributed by atoms with Gasteiger partial charge in [0.15, 0.2) is 0 Å². The number of rotatable bonds is 7. The Morgan fingerprint density at radius 3 is 2.83 bits per heavy atom. The number of aliphatic carboxylic acids is 1. The first-order valence-electron chi connectivity index (χ1n) is 6.02. The quantitative estimate of drug-likeness (QED) is 0.763. The lowest BCUT2D eigenvalue weighted by Crippen LogP contribution is -2.32. The number of aryl methyl sites for hydroxylation is 1. The summed E-state index contributed by atoms with van der Waals surface area (Å²) in [4.78, 5) is 26.3. The van der Waals surface area contributed by atoms with Gasteiger partial charge in [0.05, 0.1) is 5.92 Å². The third kappa shape index (κ3) is 4.95. The molecule has 0 radical (unpaired) electrons. The normalized spacial score (nSPS) is 11.8. The van der Waals surface area contributed by atoms with Crippen LogP contribution in [0.1, 0.15) is 25.3 Å². The predicted octanol–water partition coefficient (Wildman–Crippen LogP) is 1.24. The number of hydrogen-bond donors (Lipinski definition) is 2. The van der Waals surface area contributed by atoms with Gasteiger partial charge in [0.2, 0.25) is 5.91 Å². The van der Waals surface area contributed by atoms with Crippen LogP contribution in [0.3, 0.4) is 0 Å². The molecule has 0 aliphatic rings. The molecule has 0 aliphatic carbocycles. The first-order chi connectivity index (χ1) is 8.63. The van der Waals surface area contributed by atoms with Crippen LogP contribution in [0.2, 0.25) is 0 Å². The van der Waals surface area contributed by atoms with Gasteiger partial charge in [0.1, 0.15) is 0 Å². The molecule has 1 unspecified atom stereocenters. The summed E-state index contributed by atoms with van der Waals surface area (Å²) in [6, 6.07) is 3.73. The molecule has 1 rings (SSSR count). The van der Waals surface area contributed by atoms with E-state index in [1.165, 1.54) is 0 Å². The Morgan fingerprint density at radius 1 is 1.50 bits per heavy atom. The average Bonchev–Trinajstić information content (AvgIpc) is 2.38.